The van der Waals surface area contributed by atoms with E-state index in [1.807, 2.05) is 29.9 Å². The summed E-state index contributed by atoms with van der Waals surface area (Å²) >= 11 is 0. The highest BCUT2D eigenvalue weighted by molar-refractivity contribution is 5.79. The lowest BCUT2D eigenvalue weighted by atomic mass is 9.91. The van der Waals surface area contributed by atoms with Crippen LogP contribution in [-0.2, 0) is 0 Å². The molecule has 2 aliphatic rings. The molecule has 5 nitrogen and oxygen atoms in total. The first-order chi connectivity index (χ1) is 20.8. The van der Waals surface area contributed by atoms with Crippen LogP contribution in [0, 0.1) is 41.5 Å². The summed E-state index contributed by atoms with van der Waals surface area (Å²) < 4.78 is 8.58. The summed E-state index contributed by atoms with van der Waals surface area (Å²) in [5.41, 5.74) is 12.9. The van der Waals surface area contributed by atoms with Crippen LogP contribution in [-0.4, -0.2) is 20.8 Å². The van der Waals surface area contributed by atoms with Gasteiger partial charge in [0.05, 0.1) is 23.1 Å². The van der Waals surface area contributed by atoms with Gasteiger partial charge in [-0.1, -0.05) is 54.1 Å². The minimum atomic E-state index is 0.148. The zero-order chi connectivity index (χ0) is 29.8. The van der Waals surface area contributed by atoms with E-state index in [0.717, 1.165) is 45.6 Å². The summed E-state index contributed by atoms with van der Waals surface area (Å²) in [6.45, 7) is 12.7. The van der Waals surface area contributed by atoms with Crippen LogP contribution in [0.3, 0.4) is 0 Å². The van der Waals surface area contributed by atoms with Gasteiger partial charge in [-0.2, -0.15) is 5.10 Å². The van der Waals surface area contributed by atoms with Gasteiger partial charge in [0.1, 0.15) is 17.3 Å². The van der Waals surface area contributed by atoms with E-state index >= 15 is 0 Å². The Bertz CT molecular complexity index is 1920. The number of anilines is 2. The molecule has 0 fully saturated rings. The Balaban J connectivity index is 1.29. The third kappa shape index (κ3) is 4.65. The molecule has 5 aromatic rings. The number of nitrogens with zero attached hydrogens (tertiary/aromatic N) is 4. The van der Waals surface area contributed by atoms with Crippen molar-refractivity contribution in [2.75, 3.05) is 4.90 Å². The van der Waals surface area contributed by atoms with Gasteiger partial charge in [0.25, 0.3) is 0 Å². The molecule has 3 heterocycles. The predicted octanol–water partition coefficient (Wildman–Crippen LogP) is 9.31. The van der Waals surface area contributed by atoms with Crippen LogP contribution in [0.5, 0.6) is 11.5 Å². The van der Waals surface area contributed by atoms with Gasteiger partial charge in [-0.3, -0.25) is 0 Å². The average molecular weight is 565 g/mol. The minimum absolute atomic E-state index is 0.148. The van der Waals surface area contributed by atoms with Crippen molar-refractivity contribution in [3.63, 3.8) is 0 Å². The van der Waals surface area contributed by atoms with Crippen molar-refractivity contribution >= 4 is 11.5 Å². The summed E-state index contributed by atoms with van der Waals surface area (Å²) in [6.07, 6.45) is 10.8. The molecule has 0 N–H and O–H groups in total. The van der Waals surface area contributed by atoms with Crippen molar-refractivity contribution in [3.05, 3.63) is 136 Å². The molecule has 2 aromatic heterocycles. The van der Waals surface area contributed by atoms with Crippen LogP contribution < -0.4 is 9.64 Å². The number of hydrogen-bond donors (Lipinski definition) is 0. The summed E-state index contributed by atoms with van der Waals surface area (Å²) in [4.78, 5) is 7.28. The second kappa shape index (κ2) is 10.4. The van der Waals surface area contributed by atoms with Crippen LogP contribution in [0.1, 0.15) is 45.1 Å². The highest BCUT2D eigenvalue weighted by Crippen LogP contribution is 2.49. The SMILES string of the molecule is Cc1cc(C)c(-c2ccnc(N3c4cc(Oc5cccc(-n6nc(C)cc6C)c5C)ccc4C4C=CC=CC43)c2)c(C)c1. The number of rotatable bonds is 5. The van der Waals surface area contributed by atoms with Crippen molar-refractivity contribution in [1.82, 2.24) is 14.8 Å². The third-order valence-corrected chi connectivity index (χ3v) is 8.70. The topological polar surface area (TPSA) is 43.2 Å². The lowest BCUT2D eigenvalue weighted by Gasteiger charge is -2.28. The molecule has 1 aliphatic carbocycles. The van der Waals surface area contributed by atoms with E-state index < -0.39 is 0 Å². The van der Waals surface area contributed by atoms with Crippen molar-refractivity contribution in [2.24, 2.45) is 0 Å². The first kappa shape index (κ1) is 27.0. The molecule has 2 unspecified atom stereocenters. The number of aryl methyl sites for hydroxylation is 5. The maximum Gasteiger partial charge on any atom is 0.134 e. The Morgan fingerprint density at radius 1 is 0.767 bits per heavy atom. The molecule has 214 valence electrons. The fraction of sp³-hybridized carbons (Fsp3) is 0.211. The molecule has 0 amide bonds. The second-order valence-corrected chi connectivity index (χ2v) is 11.9. The lowest BCUT2D eigenvalue weighted by molar-refractivity contribution is 0.478. The number of allylic oxidation sites excluding steroid dienone is 2. The predicted molar refractivity (Wildman–Crippen MR) is 175 cm³/mol. The molecular formula is C38H36N4O. The van der Waals surface area contributed by atoms with E-state index in [0.29, 0.717) is 0 Å². The quantitative estimate of drug-likeness (QED) is 0.213. The van der Waals surface area contributed by atoms with E-state index in [1.54, 1.807) is 0 Å². The van der Waals surface area contributed by atoms with Crippen molar-refractivity contribution in [1.29, 1.82) is 0 Å². The summed E-state index contributed by atoms with van der Waals surface area (Å²) in [5.74, 6) is 2.80. The molecule has 3 aromatic carbocycles. The Labute approximate surface area is 253 Å². The number of benzene rings is 3. The number of pyridine rings is 1. The molecule has 43 heavy (non-hydrogen) atoms. The summed E-state index contributed by atoms with van der Waals surface area (Å²) in [6, 6.07) is 23.7. The summed E-state index contributed by atoms with van der Waals surface area (Å²) in [7, 11) is 0. The van der Waals surface area contributed by atoms with Gasteiger partial charge in [-0.05, 0) is 106 Å². The zero-order valence-electron chi connectivity index (χ0n) is 25.6. The zero-order valence-corrected chi connectivity index (χ0v) is 25.6. The standard InChI is InChI=1S/C38H36N4O/c1-23-18-24(2)38(25(3)19-23)29-16-17-39-37(21-29)41-34-11-8-7-10-31(34)32-15-14-30(22-35(32)41)43-36-13-9-12-33(28(36)6)42-27(5)20-26(4)40-42/h7-22,31,34H,1-6H3. The van der Waals surface area contributed by atoms with Gasteiger partial charge in [0.2, 0.25) is 0 Å². The van der Waals surface area contributed by atoms with Gasteiger partial charge in [-0.15, -0.1) is 0 Å². The summed E-state index contributed by atoms with van der Waals surface area (Å²) in [5, 5.41) is 4.70. The van der Waals surface area contributed by atoms with Crippen molar-refractivity contribution in [3.8, 4) is 28.3 Å². The molecule has 5 heteroatoms. The van der Waals surface area contributed by atoms with Crippen LogP contribution in [0.4, 0.5) is 11.5 Å². The number of ether oxygens (including phenoxy) is 1. The van der Waals surface area contributed by atoms with E-state index in [2.05, 4.69) is 118 Å². The molecule has 0 saturated heterocycles. The number of fused-ring (bicyclic) bond motifs is 3. The smallest absolute Gasteiger partial charge is 0.134 e. The first-order valence-corrected chi connectivity index (χ1v) is 14.9. The van der Waals surface area contributed by atoms with Crippen molar-refractivity contribution in [2.45, 2.75) is 53.5 Å². The Morgan fingerprint density at radius 2 is 1.56 bits per heavy atom. The second-order valence-electron chi connectivity index (χ2n) is 11.9. The first-order valence-electron chi connectivity index (χ1n) is 14.9. The molecule has 0 saturated carbocycles. The Hall–Kier alpha value is -4.90. The van der Waals surface area contributed by atoms with Gasteiger partial charge in [0.15, 0.2) is 0 Å². The van der Waals surface area contributed by atoms with Gasteiger partial charge >= 0.3 is 0 Å². The average Bonchev–Trinajstić information content (AvgIpc) is 3.49. The van der Waals surface area contributed by atoms with Crippen LogP contribution >= 0.6 is 0 Å². The third-order valence-electron chi connectivity index (χ3n) is 8.70. The maximum atomic E-state index is 6.59. The molecule has 1 aliphatic heterocycles. The van der Waals surface area contributed by atoms with Crippen LogP contribution in [0.25, 0.3) is 16.8 Å². The lowest BCUT2D eigenvalue weighted by Crippen LogP contribution is -2.29. The van der Waals surface area contributed by atoms with E-state index in [4.69, 9.17) is 14.8 Å². The fourth-order valence-electron chi connectivity index (χ4n) is 6.93. The fourth-order valence-corrected chi connectivity index (χ4v) is 6.93. The monoisotopic (exact) mass is 564 g/mol. The molecular weight excluding hydrogens is 528 g/mol. The minimum Gasteiger partial charge on any atom is -0.457 e. The Morgan fingerprint density at radius 3 is 2.33 bits per heavy atom. The van der Waals surface area contributed by atoms with Crippen molar-refractivity contribution < 1.29 is 4.74 Å². The molecule has 7 rings (SSSR count). The van der Waals surface area contributed by atoms with Crippen LogP contribution in [0.15, 0.2) is 97.2 Å². The van der Waals surface area contributed by atoms with E-state index in [1.165, 1.54) is 33.4 Å². The van der Waals surface area contributed by atoms with Gasteiger partial charge in [0, 0.05) is 29.4 Å². The molecule has 0 spiro atoms. The Kier molecular flexibility index (Phi) is 6.54. The van der Waals surface area contributed by atoms with Gasteiger partial charge < -0.3 is 9.64 Å². The molecule has 0 radical (unpaired) electrons. The maximum absolute atomic E-state index is 6.59. The number of hydrogen-bond acceptors (Lipinski definition) is 4. The highest BCUT2D eigenvalue weighted by Gasteiger charge is 2.38. The molecule has 2 atom stereocenters. The molecule has 0 bridgehead atoms. The highest BCUT2D eigenvalue weighted by atomic mass is 16.5. The van der Waals surface area contributed by atoms with E-state index in [-0.39, 0.29) is 12.0 Å². The number of aromatic nitrogens is 3. The largest absolute Gasteiger partial charge is 0.457 e. The normalized spacial score (nSPS) is 16.8. The van der Waals surface area contributed by atoms with Gasteiger partial charge in [-0.25, -0.2) is 9.67 Å². The van der Waals surface area contributed by atoms with E-state index in [9.17, 15) is 0 Å². The van der Waals surface area contributed by atoms with Crippen LogP contribution in [0.2, 0.25) is 0 Å².